The van der Waals surface area contributed by atoms with Gasteiger partial charge in [-0.2, -0.15) is 4.98 Å². The van der Waals surface area contributed by atoms with Crippen LogP contribution in [0.2, 0.25) is 0 Å². The molecule has 2 aromatic rings. The zero-order chi connectivity index (χ0) is 12.5. The van der Waals surface area contributed by atoms with Crippen LogP contribution in [-0.2, 0) is 12.8 Å². The molecule has 0 fully saturated rings. The van der Waals surface area contributed by atoms with Crippen LogP contribution >= 0.6 is 0 Å². The van der Waals surface area contributed by atoms with Crippen molar-refractivity contribution in [3.05, 3.63) is 47.1 Å². The predicted octanol–water partition coefficient (Wildman–Crippen LogP) is 2.36. The van der Waals surface area contributed by atoms with Gasteiger partial charge in [0.05, 0.1) is 6.04 Å². The van der Waals surface area contributed by atoms with Crippen LogP contribution < -0.4 is 5.73 Å². The number of aromatic nitrogens is 2. The maximum absolute atomic E-state index is 5.74. The molecule has 18 heavy (non-hydrogen) atoms. The number of fused-ring (bicyclic) bond motifs is 1. The Kier molecular flexibility index (Phi) is 2.88. The van der Waals surface area contributed by atoms with Crippen molar-refractivity contribution in [1.29, 1.82) is 0 Å². The number of benzene rings is 1. The number of hydrogen-bond acceptors (Lipinski definition) is 4. The van der Waals surface area contributed by atoms with Crippen molar-refractivity contribution in [2.45, 2.75) is 38.1 Å². The molecule has 2 atom stereocenters. The lowest BCUT2D eigenvalue weighted by molar-refractivity contribution is 0.352. The Balaban J connectivity index is 1.83. The molecule has 4 heteroatoms. The van der Waals surface area contributed by atoms with Crippen LogP contribution in [0.15, 0.2) is 28.8 Å². The minimum atomic E-state index is -0.192. The summed E-state index contributed by atoms with van der Waals surface area (Å²) in [5, 5.41) is 4.07. The van der Waals surface area contributed by atoms with E-state index >= 15 is 0 Å². The van der Waals surface area contributed by atoms with Gasteiger partial charge in [-0.05, 0) is 37.3 Å². The average Bonchev–Trinajstić information content (AvgIpc) is 2.88. The first-order valence-electron chi connectivity index (χ1n) is 6.40. The lowest BCUT2D eigenvalue weighted by Crippen LogP contribution is -2.14. The average molecular weight is 243 g/mol. The Labute approximate surface area is 106 Å². The second kappa shape index (κ2) is 4.53. The molecule has 0 radical (unpaired) electrons. The van der Waals surface area contributed by atoms with Crippen molar-refractivity contribution in [1.82, 2.24) is 10.1 Å². The molecule has 94 valence electrons. The van der Waals surface area contributed by atoms with Crippen molar-refractivity contribution >= 4 is 0 Å². The van der Waals surface area contributed by atoms with Crippen LogP contribution in [0.4, 0.5) is 0 Å². The van der Waals surface area contributed by atoms with Gasteiger partial charge >= 0.3 is 0 Å². The standard InChI is InChI=1S/C14H17N3O/c1-9(15)14-16-13(17-18-14)12-7-6-10-4-2-3-5-11(10)8-12/h2-5,9,12H,6-8,15H2,1H3. The Morgan fingerprint density at radius 2 is 2.11 bits per heavy atom. The van der Waals surface area contributed by atoms with E-state index < -0.39 is 0 Å². The molecule has 0 bridgehead atoms. The highest BCUT2D eigenvalue weighted by atomic mass is 16.5. The van der Waals surface area contributed by atoms with Crippen LogP contribution in [0, 0.1) is 0 Å². The largest absolute Gasteiger partial charge is 0.338 e. The molecule has 1 heterocycles. The topological polar surface area (TPSA) is 64.9 Å². The highest BCUT2D eigenvalue weighted by Crippen LogP contribution is 2.31. The Hall–Kier alpha value is -1.68. The van der Waals surface area contributed by atoms with Gasteiger partial charge in [0.15, 0.2) is 5.82 Å². The van der Waals surface area contributed by atoms with Crippen LogP contribution in [0.5, 0.6) is 0 Å². The van der Waals surface area contributed by atoms with Gasteiger partial charge in [-0.3, -0.25) is 0 Å². The van der Waals surface area contributed by atoms with Crippen molar-refractivity contribution < 1.29 is 4.52 Å². The first-order valence-corrected chi connectivity index (χ1v) is 6.40. The lowest BCUT2D eigenvalue weighted by Gasteiger charge is -2.21. The monoisotopic (exact) mass is 243 g/mol. The molecular formula is C14H17N3O. The minimum absolute atomic E-state index is 0.192. The van der Waals surface area contributed by atoms with Gasteiger partial charge in [0.2, 0.25) is 5.89 Å². The summed E-state index contributed by atoms with van der Waals surface area (Å²) < 4.78 is 5.18. The molecule has 0 amide bonds. The molecule has 4 nitrogen and oxygen atoms in total. The van der Waals surface area contributed by atoms with E-state index in [2.05, 4.69) is 34.4 Å². The van der Waals surface area contributed by atoms with Crippen LogP contribution in [0.3, 0.4) is 0 Å². The summed E-state index contributed by atoms with van der Waals surface area (Å²) in [4.78, 5) is 4.40. The summed E-state index contributed by atoms with van der Waals surface area (Å²) in [5.41, 5.74) is 8.59. The molecule has 1 aliphatic rings. The maximum Gasteiger partial charge on any atom is 0.243 e. The number of rotatable bonds is 2. The Bertz CT molecular complexity index is 547. The quantitative estimate of drug-likeness (QED) is 0.879. The van der Waals surface area contributed by atoms with Crippen molar-refractivity contribution in [2.75, 3.05) is 0 Å². The second-order valence-electron chi connectivity index (χ2n) is 4.99. The summed E-state index contributed by atoms with van der Waals surface area (Å²) in [6, 6.07) is 8.39. The van der Waals surface area contributed by atoms with E-state index in [4.69, 9.17) is 10.3 Å². The van der Waals surface area contributed by atoms with Gasteiger partial charge in [-0.1, -0.05) is 29.4 Å². The molecule has 0 spiro atoms. The molecule has 0 saturated carbocycles. The summed E-state index contributed by atoms with van der Waals surface area (Å²) >= 11 is 0. The highest BCUT2D eigenvalue weighted by molar-refractivity contribution is 5.31. The summed E-state index contributed by atoms with van der Waals surface area (Å²) in [5.74, 6) is 1.69. The van der Waals surface area contributed by atoms with Gasteiger partial charge in [0.25, 0.3) is 0 Å². The molecule has 2 unspecified atom stereocenters. The number of aryl methyl sites for hydroxylation is 1. The van der Waals surface area contributed by atoms with Crippen LogP contribution in [-0.4, -0.2) is 10.1 Å². The normalized spacial score (nSPS) is 20.4. The van der Waals surface area contributed by atoms with Gasteiger partial charge < -0.3 is 10.3 Å². The maximum atomic E-state index is 5.74. The Morgan fingerprint density at radius 3 is 2.83 bits per heavy atom. The van der Waals surface area contributed by atoms with Crippen molar-refractivity contribution in [2.24, 2.45) is 5.73 Å². The number of nitrogens with zero attached hydrogens (tertiary/aromatic N) is 2. The fraction of sp³-hybridized carbons (Fsp3) is 0.429. The van der Waals surface area contributed by atoms with Crippen molar-refractivity contribution in [3.63, 3.8) is 0 Å². The van der Waals surface area contributed by atoms with Gasteiger partial charge in [0, 0.05) is 5.92 Å². The number of nitrogens with two attached hydrogens (primary N) is 1. The van der Waals surface area contributed by atoms with E-state index in [1.54, 1.807) is 0 Å². The van der Waals surface area contributed by atoms with E-state index in [9.17, 15) is 0 Å². The van der Waals surface area contributed by atoms with E-state index in [-0.39, 0.29) is 6.04 Å². The lowest BCUT2D eigenvalue weighted by atomic mass is 9.83. The fourth-order valence-corrected chi connectivity index (χ4v) is 2.52. The zero-order valence-electron chi connectivity index (χ0n) is 10.5. The molecule has 1 aliphatic carbocycles. The smallest absolute Gasteiger partial charge is 0.243 e. The van der Waals surface area contributed by atoms with E-state index in [0.717, 1.165) is 25.1 Å². The predicted molar refractivity (Wildman–Crippen MR) is 68.1 cm³/mol. The van der Waals surface area contributed by atoms with E-state index in [1.165, 1.54) is 11.1 Å². The number of hydrogen-bond donors (Lipinski definition) is 1. The third-order valence-corrected chi connectivity index (χ3v) is 3.56. The minimum Gasteiger partial charge on any atom is -0.338 e. The molecule has 1 aromatic carbocycles. The van der Waals surface area contributed by atoms with Crippen molar-refractivity contribution in [3.8, 4) is 0 Å². The van der Waals surface area contributed by atoms with Crippen LogP contribution in [0.25, 0.3) is 0 Å². The molecule has 1 aromatic heterocycles. The molecule has 2 N–H and O–H groups in total. The zero-order valence-corrected chi connectivity index (χ0v) is 10.5. The summed E-state index contributed by atoms with van der Waals surface area (Å²) in [6.45, 7) is 1.85. The SMILES string of the molecule is CC(N)c1nc(C2CCc3ccccc3C2)no1. The molecule has 0 saturated heterocycles. The molecule has 0 aliphatic heterocycles. The Morgan fingerprint density at radius 1 is 1.33 bits per heavy atom. The third-order valence-electron chi connectivity index (χ3n) is 3.56. The van der Waals surface area contributed by atoms with Gasteiger partial charge in [0.1, 0.15) is 0 Å². The first kappa shape index (κ1) is 11.4. The van der Waals surface area contributed by atoms with Crippen LogP contribution in [0.1, 0.15) is 48.1 Å². The highest BCUT2D eigenvalue weighted by Gasteiger charge is 2.24. The molecular weight excluding hydrogens is 226 g/mol. The van der Waals surface area contributed by atoms with Gasteiger partial charge in [-0.25, -0.2) is 0 Å². The third kappa shape index (κ3) is 2.04. The van der Waals surface area contributed by atoms with E-state index in [0.29, 0.717) is 11.8 Å². The summed E-state index contributed by atoms with van der Waals surface area (Å²) in [7, 11) is 0. The summed E-state index contributed by atoms with van der Waals surface area (Å²) in [6.07, 6.45) is 3.16. The second-order valence-corrected chi connectivity index (χ2v) is 4.99. The van der Waals surface area contributed by atoms with E-state index in [1.807, 2.05) is 6.92 Å². The molecule has 3 rings (SSSR count). The fourth-order valence-electron chi connectivity index (χ4n) is 2.52. The van der Waals surface area contributed by atoms with Gasteiger partial charge in [-0.15, -0.1) is 0 Å². The first-order chi connectivity index (χ1) is 8.74.